The normalized spacial score (nSPS) is 26.8. The highest BCUT2D eigenvalue weighted by atomic mass is 16.5. The standard InChI is InChI=1S/C32H41N3O2/c1-21-15-23-9-6-14-32(18-21,19-23)20-28-31(35-29(36)16-22-7-4-3-5-8-22)34-27-13-10-24-17-25(37-2)11-12-26(24)30(27)33-28/h6,9,11-12,17,21-23H,3-5,7-8,10,13-16,18-20H2,1-2H3,(H,34,35,36). The molecule has 1 heterocycles. The Bertz CT molecular complexity index is 1200. The van der Waals surface area contributed by atoms with Gasteiger partial charge in [-0.2, -0.15) is 0 Å². The largest absolute Gasteiger partial charge is 0.497 e. The van der Waals surface area contributed by atoms with E-state index in [0.717, 1.165) is 59.9 Å². The highest BCUT2D eigenvalue weighted by molar-refractivity contribution is 5.90. The van der Waals surface area contributed by atoms with Crippen molar-refractivity contribution in [3.63, 3.8) is 0 Å². The molecule has 2 aromatic rings. The molecule has 2 bridgehead atoms. The highest BCUT2D eigenvalue weighted by Crippen LogP contribution is 2.50. The molecular formula is C32H41N3O2. The molecule has 3 atom stereocenters. The molecule has 4 aliphatic rings. The minimum Gasteiger partial charge on any atom is -0.497 e. The van der Waals surface area contributed by atoms with Gasteiger partial charge in [0, 0.05) is 12.0 Å². The van der Waals surface area contributed by atoms with Gasteiger partial charge in [-0.3, -0.25) is 4.79 Å². The predicted octanol–water partition coefficient (Wildman–Crippen LogP) is 7.08. The number of nitrogens with zero attached hydrogens (tertiary/aromatic N) is 2. The van der Waals surface area contributed by atoms with E-state index in [1.807, 2.05) is 6.07 Å². The van der Waals surface area contributed by atoms with E-state index in [9.17, 15) is 4.79 Å². The molecule has 1 amide bonds. The maximum atomic E-state index is 13.2. The van der Waals surface area contributed by atoms with Gasteiger partial charge < -0.3 is 10.1 Å². The summed E-state index contributed by atoms with van der Waals surface area (Å²) in [7, 11) is 1.72. The number of anilines is 1. The summed E-state index contributed by atoms with van der Waals surface area (Å²) in [5.41, 5.74) is 5.61. The minimum atomic E-state index is 0.110. The van der Waals surface area contributed by atoms with E-state index >= 15 is 0 Å². The molecule has 5 heteroatoms. The van der Waals surface area contributed by atoms with Gasteiger partial charge >= 0.3 is 0 Å². The topological polar surface area (TPSA) is 64.1 Å². The van der Waals surface area contributed by atoms with Crippen molar-refractivity contribution in [1.82, 2.24) is 9.97 Å². The number of carbonyl (C=O) groups excluding carboxylic acids is 1. The van der Waals surface area contributed by atoms with E-state index in [-0.39, 0.29) is 11.3 Å². The van der Waals surface area contributed by atoms with Crippen LogP contribution in [-0.2, 0) is 24.1 Å². The summed E-state index contributed by atoms with van der Waals surface area (Å²) in [4.78, 5) is 23.7. The molecule has 1 aromatic carbocycles. The Hall–Kier alpha value is -2.69. The number of aromatic nitrogens is 2. The second-order valence-electron chi connectivity index (χ2n) is 12.4. The Labute approximate surface area is 221 Å². The van der Waals surface area contributed by atoms with Crippen LogP contribution in [0.2, 0.25) is 0 Å². The molecular weight excluding hydrogens is 458 g/mol. The van der Waals surface area contributed by atoms with Gasteiger partial charge in [-0.15, -0.1) is 0 Å². The number of carbonyl (C=O) groups is 1. The molecule has 5 nitrogen and oxygen atoms in total. The van der Waals surface area contributed by atoms with Crippen LogP contribution in [0.1, 0.15) is 88.1 Å². The van der Waals surface area contributed by atoms with Crippen LogP contribution in [0, 0.1) is 23.2 Å². The monoisotopic (exact) mass is 499 g/mol. The Morgan fingerprint density at radius 2 is 2.00 bits per heavy atom. The van der Waals surface area contributed by atoms with Crippen molar-refractivity contribution in [1.29, 1.82) is 0 Å². The number of methoxy groups -OCH3 is 1. The lowest BCUT2D eigenvalue weighted by atomic mass is 9.60. The summed E-state index contributed by atoms with van der Waals surface area (Å²) in [6.07, 6.45) is 19.0. The lowest BCUT2D eigenvalue weighted by Gasteiger charge is -2.45. The van der Waals surface area contributed by atoms with E-state index in [1.54, 1.807) is 7.11 Å². The minimum absolute atomic E-state index is 0.110. The van der Waals surface area contributed by atoms with Crippen molar-refractivity contribution >= 4 is 11.7 Å². The second-order valence-corrected chi connectivity index (χ2v) is 12.4. The van der Waals surface area contributed by atoms with Gasteiger partial charge in [0.15, 0.2) is 5.82 Å². The first kappa shape index (κ1) is 24.6. The van der Waals surface area contributed by atoms with E-state index in [1.165, 1.54) is 56.9 Å². The summed E-state index contributed by atoms with van der Waals surface area (Å²) in [6.45, 7) is 2.40. The van der Waals surface area contributed by atoms with Gasteiger partial charge in [0.05, 0.1) is 24.2 Å². The summed E-state index contributed by atoms with van der Waals surface area (Å²) in [5, 5.41) is 3.27. The maximum Gasteiger partial charge on any atom is 0.225 e. The summed E-state index contributed by atoms with van der Waals surface area (Å²) >= 11 is 0. The number of nitrogens with one attached hydrogen (secondary N) is 1. The summed E-state index contributed by atoms with van der Waals surface area (Å²) in [5.74, 6) is 3.60. The molecule has 196 valence electrons. The van der Waals surface area contributed by atoms with Gasteiger partial charge in [0.1, 0.15) is 5.75 Å². The highest BCUT2D eigenvalue weighted by Gasteiger charge is 2.41. The first-order chi connectivity index (χ1) is 18.0. The number of aryl methyl sites for hydroxylation is 2. The average molecular weight is 500 g/mol. The molecule has 1 N–H and O–H groups in total. The van der Waals surface area contributed by atoms with E-state index in [0.29, 0.717) is 24.2 Å². The van der Waals surface area contributed by atoms with Gasteiger partial charge in [-0.25, -0.2) is 9.97 Å². The first-order valence-electron chi connectivity index (χ1n) is 14.5. The first-order valence-corrected chi connectivity index (χ1v) is 14.5. The number of fused-ring (bicyclic) bond motifs is 5. The number of hydrogen-bond donors (Lipinski definition) is 1. The molecule has 37 heavy (non-hydrogen) atoms. The van der Waals surface area contributed by atoms with Crippen LogP contribution >= 0.6 is 0 Å². The van der Waals surface area contributed by atoms with Crippen molar-refractivity contribution in [2.75, 3.05) is 12.4 Å². The smallest absolute Gasteiger partial charge is 0.225 e. The molecule has 0 aliphatic heterocycles. The second kappa shape index (κ2) is 10.2. The molecule has 4 aliphatic carbocycles. The van der Waals surface area contributed by atoms with Gasteiger partial charge in [0.2, 0.25) is 5.91 Å². The SMILES string of the molecule is COc1ccc2c(c1)CCc1nc(NC(=O)CC3CCCCC3)c(CC34CC=CC(CC(C)C3)C4)nc1-2. The van der Waals surface area contributed by atoms with Gasteiger partial charge in [-0.1, -0.05) is 38.3 Å². The van der Waals surface area contributed by atoms with Crippen molar-refractivity contribution < 1.29 is 9.53 Å². The Kier molecular flexibility index (Phi) is 6.81. The van der Waals surface area contributed by atoms with Gasteiger partial charge in [-0.05, 0) is 105 Å². The molecule has 0 radical (unpaired) electrons. The zero-order valence-corrected chi connectivity index (χ0v) is 22.5. The van der Waals surface area contributed by atoms with Crippen LogP contribution in [-0.4, -0.2) is 23.0 Å². The fourth-order valence-electron chi connectivity index (χ4n) is 7.80. The van der Waals surface area contributed by atoms with Crippen molar-refractivity contribution in [2.24, 2.45) is 23.2 Å². The van der Waals surface area contributed by atoms with Crippen LogP contribution in [0.15, 0.2) is 30.4 Å². The molecule has 6 rings (SSSR count). The van der Waals surface area contributed by atoms with Crippen molar-refractivity contribution in [3.8, 4) is 17.0 Å². The third-order valence-corrected chi connectivity index (χ3v) is 9.38. The number of hydrogen-bond acceptors (Lipinski definition) is 4. The zero-order chi connectivity index (χ0) is 25.4. The Morgan fingerprint density at radius 1 is 1.14 bits per heavy atom. The number of amides is 1. The van der Waals surface area contributed by atoms with Crippen LogP contribution in [0.4, 0.5) is 5.82 Å². The molecule has 2 fully saturated rings. The number of allylic oxidation sites excluding steroid dienone is 2. The third-order valence-electron chi connectivity index (χ3n) is 9.38. The number of benzene rings is 1. The number of rotatable bonds is 6. The van der Waals surface area contributed by atoms with E-state index in [4.69, 9.17) is 14.7 Å². The number of ether oxygens (including phenoxy) is 1. The fourth-order valence-corrected chi connectivity index (χ4v) is 7.80. The molecule has 1 aromatic heterocycles. The van der Waals surface area contributed by atoms with E-state index < -0.39 is 0 Å². The zero-order valence-electron chi connectivity index (χ0n) is 22.5. The average Bonchev–Trinajstić information content (AvgIpc) is 2.88. The summed E-state index contributed by atoms with van der Waals surface area (Å²) < 4.78 is 5.48. The molecule has 0 spiro atoms. The summed E-state index contributed by atoms with van der Waals surface area (Å²) in [6, 6.07) is 6.29. The Morgan fingerprint density at radius 3 is 2.84 bits per heavy atom. The van der Waals surface area contributed by atoms with Crippen LogP contribution in [0.25, 0.3) is 11.3 Å². The van der Waals surface area contributed by atoms with Crippen LogP contribution < -0.4 is 10.1 Å². The quantitative estimate of drug-likeness (QED) is 0.431. The molecule has 0 saturated heterocycles. The lowest BCUT2D eigenvalue weighted by molar-refractivity contribution is -0.117. The lowest BCUT2D eigenvalue weighted by Crippen LogP contribution is -2.36. The molecule has 3 unspecified atom stereocenters. The predicted molar refractivity (Wildman–Crippen MR) is 148 cm³/mol. The van der Waals surface area contributed by atoms with Crippen molar-refractivity contribution in [2.45, 2.75) is 90.4 Å². The van der Waals surface area contributed by atoms with Crippen molar-refractivity contribution in [3.05, 3.63) is 47.3 Å². The van der Waals surface area contributed by atoms with Crippen LogP contribution in [0.3, 0.4) is 0 Å². The molecule has 2 saturated carbocycles. The van der Waals surface area contributed by atoms with E-state index in [2.05, 4.69) is 36.5 Å². The Balaban J connectivity index is 1.35. The fraction of sp³-hybridized carbons (Fsp3) is 0.594. The third kappa shape index (κ3) is 5.19. The van der Waals surface area contributed by atoms with Gasteiger partial charge in [0.25, 0.3) is 0 Å². The van der Waals surface area contributed by atoms with Crippen LogP contribution in [0.5, 0.6) is 5.75 Å². The maximum absolute atomic E-state index is 13.2.